The third-order valence-corrected chi connectivity index (χ3v) is 3.74. The summed E-state index contributed by atoms with van der Waals surface area (Å²) < 4.78 is 5.39. The first kappa shape index (κ1) is 12.6. The molecule has 1 heterocycles. The number of aliphatic hydroxyl groups excluding tert-OH is 1. The molecule has 5 nitrogen and oxygen atoms in total. The molecule has 17 heavy (non-hydrogen) atoms. The van der Waals surface area contributed by atoms with Gasteiger partial charge in [0.25, 0.3) is 0 Å². The monoisotopic (exact) mass is 242 g/mol. The molecule has 3 N–H and O–H groups in total. The highest BCUT2D eigenvalue weighted by Gasteiger charge is 2.28. The molecule has 2 aliphatic rings. The van der Waals surface area contributed by atoms with E-state index in [4.69, 9.17) is 4.74 Å². The fourth-order valence-corrected chi connectivity index (χ4v) is 2.58. The first-order valence-corrected chi connectivity index (χ1v) is 6.53. The van der Waals surface area contributed by atoms with Gasteiger partial charge in [0.2, 0.25) is 0 Å². The zero-order valence-electron chi connectivity index (χ0n) is 10.3. The lowest BCUT2D eigenvalue weighted by molar-refractivity contribution is 0.0923. The average Bonchev–Trinajstić information content (AvgIpc) is 2.68. The van der Waals surface area contributed by atoms with Crippen LogP contribution in [0.5, 0.6) is 0 Å². The molecule has 2 fully saturated rings. The van der Waals surface area contributed by atoms with Crippen LogP contribution >= 0.6 is 0 Å². The molecule has 0 radical (unpaired) electrons. The third-order valence-electron chi connectivity index (χ3n) is 3.74. The van der Waals surface area contributed by atoms with E-state index in [0.29, 0.717) is 6.61 Å². The van der Waals surface area contributed by atoms with E-state index in [0.717, 1.165) is 32.1 Å². The van der Waals surface area contributed by atoms with Gasteiger partial charge in [0.1, 0.15) is 0 Å². The van der Waals surface area contributed by atoms with Gasteiger partial charge in [0, 0.05) is 6.61 Å². The van der Waals surface area contributed by atoms with Crippen molar-refractivity contribution < 1.29 is 14.6 Å². The van der Waals surface area contributed by atoms with Gasteiger partial charge in [-0.05, 0) is 26.2 Å². The molecule has 0 spiro atoms. The number of amides is 2. The highest BCUT2D eigenvalue weighted by Crippen LogP contribution is 2.18. The Kier molecular flexibility index (Phi) is 4.23. The summed E-state index contributed by atoms with van der Waals surface area (Å²) in [5.74, 6) is 0. The summed E-state index contributed by atoms with van der Waals surface area (Å²) in [7, 11) is 0. The molecular formula is C12H22N2O3. The van der Waals surface area contributed by atoms with Crippen LogP contribution in [0.25, 0.3) is 0 Å². The summed E-state index contributed by atoms with van der Waals surface area (Å²) in [5.41, 5.74) is 0. The standard InChI is InChI=1S/C12H22N2O3/c1-8-9(6-7-17-8)13-12(16)14-10-4-2-3-5-11(10)15/h8-11,15H,2-7H2,1H3,(H2,13,14,16). The van der Waals surface area contributed by atoms with Crippen molar-refractivity contribution in [1.82, 2.24) is 10.6 Å². The number of aliphatic hydroxyl groups is 1. The lowest BCUT2D eigenvalue weighted by Gasteiger charge is -2.29. The Morgan fingerprint density at radius 3 is 2.53 bits per heavy atom. The summed E-state index contributed by atoms with van der Waals surface area (Å²) in [4.78, 5) is 11.8. The van der Waals surface area contributed by atoms with Gasteiger partial charge < -0.3 is 20.5 Å². The van der Waals surface area contributed by atoms with Crippen molar-refractivity contribution in [2.24, 2.45) is 0 Å². The third kappa shape index (κ3) is 3.33. The molecule has 0 bridgehead atoms. The summed E-state index contributed by atoms with van der Waals surface area (Å²) >= 11 is 0. The zero-order chi connectivity index (χ0) is 12.3. The van der Waals surface area contributed by atoms with E-state index < -0.39 is 6.10 Å². The van der Waals surface area contributed by atoms with Gasteiger partial charge in [-0.15, -0.1) is 0 Å². The van der Waals surface area contributed by atoms with E-state index in [1.165, 1.54) is 0 Å². The average molecular weight is 242 g/mol. The molecule has 2 rings (SSSR count). The number of carbonyl (C=O) groups excluding carboxylic acids is 1. The van der Waals surface area contributed by atoms with Crippen molar-refractivity contribution in [2.75, 3.05) is 6.61 Å². The van der Waals surface area contributed by atoms with Crippen LogP contribution in [0.2, 0.25) is 0 Å². The second-order valence-corrected chi connectivity index (χ2v) is 5.05. The Morgan fingerprint density at radius 2 is 1.88 bits per heavy atom. The smallest absolute Gasteiger partial charge is 0.315 e. The summed E-state index contributed by atoms with van der Waals surface area (Å²) in [5, 5.41) is 15.5. The molecule has 0 aromatic rings. The maximum Gasteiger partial charge on any atom is 0.315 e. The molecule has 2 amide bonds. The molecule has 1 aliphatic heterocycles. The predicted octanol–water partition coefficient (Wildman–Crippen LogP) is 0.766. The fourth-order valence-electron chi connectivity index (χ4n) is 2.58. The van der Waals surface area contributed by atoms with Gasteiger partial charge in [-0.1, -0.05) is 12.8 Å². The first-order chi connectivity index (χ1) is 8.16. The molecule has 1 saturated carbocycles. The summed E-state index contributed by atoms with van der Waals surface area (Å²) in [6.45, 7) is 2.67. The predicted molar refractivity (Wildman–Crippen MR) is 63.7 cm³/mol. The number of rotatable bonds is 2. The van der Waals surface area contributed by atoms with E-state index in [-0.39, 0.29) is 24.2 Å². The van der Waals surface area contributed by atoms with E-state index in [2.05, 4.69) is 10.6 Å². The van der Waals surface area contributed by atoms with Crippen LogP contribution in [0, 0.1) is 0 Å². The SMILES string of the molecule is CC1OCCC1NC(=O)NC1CCCCC1O. The molecule has 98 valence electrons. The first-order valence-electron chi connectivity index (χ1n) is 6.53. The van der Waals surface area contributed by atoms with E-state index >= 15 is 0 Å². The molecule has 0 aromatic heterocycles. The van der Waals surface area contributed by atoms with Crippen LogP contribution in [0.4, 0.5) is 4.79 Å². The summed E-state index contributed by atoms with van der Waals surface area (Å²) in [6, 6.07) is -0.185. The second kappa shape index (κ2) is 5.69. The number of urea groups is 1. The van der Waals surface area contributed by atoms with Gasteiger partial charge in [0.15, 0.2) is 0 Å². The van der Waals surface area contributed by atoms with Crippen LogP contribution in [0.1, 0.15) is 39.0 Å². The summed E-state index contributed by atoms with van der Waals surface area (Å²) in [6.07, 6.45) is 4.32. The van der Waals surface area contributed by atoms with Gasteiger partial charge >= 0.3 is 6.03 Å². The second-order valence-electron chi connectivity index (χ2n) is 5.05. The van der Waals surface area contributed by atoms with Crippen molar-refractivity contribution in [2.45, 2.75) is 63.3 Å². The maximum atomic E-state index is 11.8. The van der Waals surface area contributed by atoms with Crippen LogP contribution in [0.15, 0.2) is 0 Å². The van der Waals surface area contributed by atoms with Crippen LogP contribution in [-0.4, -0.2) is 42.0 Å². The van der Waals surface area contributed by atoms with E-state index in [1.807, 2.05) is 6.92 Å². The minimum Gasteiger partial charge on any atom is -0.391 e. The van der Waals surface area contributed by atoms with Crippen molar-refractivity contribution in [1.29, 1.82) is 0 Å². The van der Waals surface area contributed by atoms with E-state index in [1.54, 1.807) is 0 Å². The fraction of sp³-hybridized carbons (Fsp3) is 0.917. The largest absolute Gasteiger partial charge is 0.391 e. The normalized spacial score (nSPS) is 37.8. The minimum absolute atomic E-state index is 0.0806. The highest BCUT2D eigenvalue weighted by atomic mass is 16.5. The lowest BCUT2D eigenvalue weighted by atomic mass is 9.93. The number of nitrogens with one attached hydrogen (secondary N) is 2. The zero-order valence-corrected chi connectivity index (χ0v) is 10.3. The maximum absolute atomic E-state index is 11.8. The Morgan fingerprint density at radius 1 is 1.18 bits per heavy atom. The number of ether oxygens (including phenoxy) is 1. The quantitative estimate of drug-likeness (QED) is 0.669. The number of hydrogen-bond donors (Lipinski definition) is 3. The molecule has 4 unspecified atom stereocenters. The van der Waals surface area contributed by atoms with Crippen LogP contribution in [-0.2, 0) is 4.74 Å². The Labute approximate surface area is 102 Å². The van der Waals surface area contributed by atoms with Gasteiger partial charge in [-0.2, -0.15) is 0 Å². The number of hydrogen-bond acceptors (Lipinski definition) is 3. The molecular weight excluding hydrogens is 220 g/mol. The van der Waals surface area contributed by atoms with Crippen LogP contribution < -0.4 is 10.6 Å². The topological polar surface area (TPSA) is 70.6 Å². The Balaban J connectivity index is 1.76. The van der Waals surface area contributed by atoms with Gasteiger partial charge in [-0.3, -0.25) is 0 Å². The van der Waals surface area contributed by atoms with Crippen molar-refractivity contribution in [3.05, 3.63) is 0 Å². The molecule has 5 heteroatoms. The lowest BCUT2D eigenvalue weighted by Crippen LogP contribution is -2.52. The van der Waals surface area contributed by atoms with Gasteiger partial charge in [0.05, 0.1) is 24.3 Å². The van der Waals surface area contributed by atoms with Crippen molar-refractivity contribution in [3.63, 3.8) is 0 Å². The van der Waals surface area contributed by atoms with Crippen LogP contribution in [0.3, 0.4) is 0 Å². The van der Waals surface area contributed by atoms with E-state index in [9.17, 15) is 9.90 Å². The molecule has 1 saturated heterocycles. The highest BCUT2D eigenvalue weighted by molar-refractivity contribution is 5.74. The number of carbonyl (C=O) groups is 1. The molecule has 4 atom stereocenters. The van der Waals surface area contributed by atoms with Crippen molar-refractivity contribution >= 4 is 6.03 Å². The Hall–Kier alpha value is -0.810. The van der Waals surface area contributed by atoms with Crippen molar-refractivity contribution in [3.8, 4) is 0 Å². The molecule has 0 aromatic carbocycles. The Bertz CT molecular complexity index is 272. The minimum atomic E-state index is -0.397. The van der Waals surface area contributed by atoms with Gasteiger partial charge in [-0.25, -0.2) is 4.79 Å². The molecule has 1 aliphatic carbocycles.